The van der Waals surface area contributed by atoms with Crippen molar-refractivity contribution in [1.82, 2.24) is 0 Å². The molecule has 0 unspecified atom stereocenters. The van der Waals surface area contributed by atoms with Crippen molar-refractivity contribution in [3.63, 3.8) is 0 Å². The number of nitriles is 1. The lowest BCUT2D eigenvalue weighted by molar-refractivity contribution is 1.49. The Morgan fingerprint density at radius 3 is 2.93 bits per heavy atom. The van der Waals surface area contributed by atoms with E-state index in [1.54, 1.807) is 23.1 Å². The predicted molar refractivity (Wildman–Crippen MR) is 66.0 cm³/mol. The monoisotopic (exact) mass is 283 g/mol. The second-order valence-electron chi connectivity index (χ2n) is 2.73. The van der Waals surface area contributed by atoms with Crippen LogP contribution in [0, 0.1) is 11.3 Å². The fourth-order valence-electron chi connectivity index (χ4n) is 1.30. The summed E-state index contributed by atoms with van der Waals surface area (Å²) in [5, 5.41) is 9.98. The van der Waals surface area contributed by atoms with E-state index in [1.807, 2.05) is 24.5 Å². The fraction of sp³-hybridized carbons (Fsp3) is 0.100. The molecule has 1 heterocycles. The first-order chi connectivity index (χ1) is 6.76. The van der Waals surface area contributed by atoms with Crippen LogP contribution in [0.4, 0.5) is 0 Å². The largest absolute Gasteiger partial charge is 0.192 e. The predicted octanol–water partition coefficient (Wildman–Crippen LogP) is 4.26. The number of thiophene rings is 1. The van der Waals surface area contributed by atoms with Gasteiger partial charge >= 0.3 is 0 Å². The molecule has 70 valence electrons. The lowest BCUT2D eigenvalue weighted by Gasteiger charge is -1.94. The zero-order chi connectivity index (χ0) is 10.1. The zero-order valence-electron chi connectivity index (χ0n) is 7.37. The molecule has 0 atom stereocenters. The van der Waals surface area contributed by atoms with Gasteiger partial charge in [0.05, 0.1) is 15.4 Å². The lowest BCUT2D eigenvalue weighted by atomic mass is 10.2. The van der Waals surface area contributed by atoms with Crippen LogP contribution in [-0.4, -0.2) is 6.26 Å². The Morgan fingerprint density at radius 1 is 1.50 bits per heavy atom. The number of benzene rings is 1. The molecule has 4 heteroatoms. The Labute approximate surface area is 98.9 Å². The van der Waals surface area contributed by atoms with Gasteiger partial charge in [-0.25, -0.2) is 0 Å². The molecule has 0 N–H and O–H groups in total. The number of nitrogens with zero attached hydrogens (tertiary/aromatic N) is 1. The van der Waals surface area contributed by atoms with Gasteiger partial charge in [0, 0.05) is 15.0 Å². The normalized spacial score (nSPS) is 10.4. The minimum Gasteiger partial charge on any atom is -0.192 e. The maximum absolute atomic E-state index is 8.80. The SMILES string of the molecule is CSc1c(Br)sc2ccc(C#N)cc12. The van der Waals surface area contributed by atoms with Crippen molar-refractivity contribution >= 4 is 49.1 Å². The highest BCUT2D eigenvalue weighted by Gasteiger charge is 2.09. The topological polar surface area (TPSA) is 23.8 Å². The van der Waals surface area contributed by atoms with E-state index >= 15 is 0 Å². The van der Waals surface area contributed by atoms with Crippen LogP contribution in [0.3, 0.4) is 0 Å². The molecule has 0 fully saturated rings. The van der Waals surface area contributed by atoms with Gasteiger partial charge < -0.3 is 0 Å². The van der Waals surface area contributed by atoms with Crippen molar-refractivity contribution in [3.8, 4) is 6.07 Å². The van der Waals surface area contributed by atoms with Crippen LogP contribution in [0.25, 0.3) is 10.1 Å². The standard InChI is InChI=1S/C10H6BrNS2/c1-13-9-7-4-6(5-12)2-3-8(7)14-10(9)11/h2-4H,1H3. The molecule has 0 aliphatic rings. The molecule has 0 aliphatic carbocycles. The minimum absolute atomic E-state index is 0.720. The summed E-state index contributed by atoms with van der Waals surface area (Å²) in [5.41, 5.74) is 0.720. The van der Waals surface area contributed by atoms with Crippen LogP contribution in [0.1, 0.15) is 5.56 Å². The molecular weight excluding hydrogens is 278 g/mol. The number of fused-ring (bicyclic) bond motifs is 1. The number of rotatable bonds is 1. The van der Waals surface area contributed by atoms with E-state index in [0.717, 1.165) is 9.35 Å². The molecule has 0 saturated carbocycles. The first kappa shape index (κ1) is 10.0. The molecule has 0 spiro atoms. The summed E-state index contributed by atoms with van der Waals surface area (Å²) in [5.74, 6) is 0. The van der Waals surface area contributed by atoms with Gasteiger partial charge in [0.2, 0.25) is 0 Å². The first-order valence-corrected chi connectivity index (χ1v) is 6.76. The number of hydrogen-bond donors (Lipinski definition) is 0. The average molecular weight is 284 g/mol. The van der Waals surface area contributed by atoms with Crippen molar-refractivity contribution < 1.29 is 0 Å². The molecule has 1 aromatic heterocycles. The molecule has 2 aromatic rings. The summed E-state index contributed by atoms with van der Waals surface area (Å²) in [6.07, 6.45) is 2.05. The molecule has 1 aromatic carbocycles. The summed E-state index contributed by atoms with van der Waals surface area (Å²) in [4.78, 5) is 1.22. The van der Waals surface area contributed by atoms with E-state index in [4.69, 9.17) is 5.26 Å². The zero-order valence-corrected chi connectivity index (χ0v) is 10.6. The Balaban J connectivity index is 2.79. The van der Waals surface area contributed by atoms with E-state index < -0.39 is 0 Å². The van der Waals surface area contributed by atoms with E-state index in [-0.39, 0.29) is 0 Å². The summed E-state index contributed by atoms with van der Waals surface area (Å²) in [6.45, 7) is 0. The Morgan fingerprint density at radius 2 is 2.29 bits per heavy atom. The Kier molecular flexibility index (Phi) is 2.82. The second-order valence-corrected chi connectivity index (χ2v) is 5.92. The van der Waals surface area contributed by atoms with Gasteiger partial charge in [0.1, 0.15) is 0 Å². The van der Waals surface area contributed by atoms with Crippen molar-refractivity contribution in [2.45, 2.75) is 4.90 Å². The summed E-state index contributed by atoms with van der Waals surface area (Å²) >= 11 is 6.94. The van der Waals surface area contributed by atoms with E-state index in [1.165, 1.54) is 15.0 Å². The van der Waals surface area contributed by atoms with E-state index in [0.29, 0.717) is 0 Å². The third-order valence-corrected chi connectivity index (χ3v) is 5.00. The summed E-state index contributed by atoms with van der Waals surface area (Å²) in [7, 11) is 0. The fourth-order valence-corrected chi connectivity index (χ4v) is 4.32. The van der Waals surface area contributed by atoms with Gasteiger partial charge in [-0.3, -0.25) is 0 Å². The molecule has 14 heavy (non-hydrogen) atoms. The lowest BCUT2D eigenvalue weighted by Crippen LogP contribution is -1.73. The van der Waals surface area contributed by atoms with Crippen molar-refractivity contribution in [3.05, 3.63) is 27.5 Å². The van der Waals surface area contributed by atoms with Gasteiger partial charge in [-0.1, -0.05) is 0 Å². The average Bonchev–Trinajstić information content (AvgIpc) is 2.52. The van der Waals surface area contributed by atoms with Crippen LogP contribution in [-0.2, 0) is 0 Å². The second kappa shape index (κ2) is 3.93. The van der Waals surface area contributed by atoms with E-state index in [2.05, 4.69) is 22.0 Å². The van der Waals surface area contributed by atoms with Crippen LogP contribution < -0.4 is 0 Å². The van der Waals surface area contributed by atoms with Crippen LogP contribution in [0.15, 0.2) is 26.9 Å². The molecule has 0 bridgehead atoms. The minimum atomic E-state index is 0.720. The highest BCUT2D eigenvalue weighted by Crippen LogP contribution is 2.40. The van der Waals surface area contributed by atoms with Crippen molar-refractivity contribution in [1.29, 1.82) is 5.26 Å². The quantitative estimate of drug-likeness (QED) is 0.731. The molecule has 0 saturated heterocycles. The highest BCUT2D eigenvalue weighted by atomic mass is 79.9. The van der Waals surface area contributed by atoms with Crippen molar-refractivity contribution in [2.75, 3.05) is 6.26 Å². The number of hydrogen-bond acceptors (Lipinski definition) is 3. The maximum Gasteiger partial charge on any atom is 0.0991 e. The Bertz CT molecular complexity index is 525. The van der Waals surface area contributed by atoms with Gasteiger partial charge in [-0.2, -0.15) is 5.26 Å². The maximum atomic E-state index is 8.80. The molecule has 0 amide bonds. The summed E-state index contributed by atoms with van der Waals surface area (Å²) in [6, 6.07) is 7.97. The first-order valence-electron chi connectivity index (χ1n) is 3.92. The van der Waals surface area contributed by atoms with Gasteiger partial charge in [-0.15, -0.1) is 23.1 Å². The van der Waals surface area contributed by atoms with Gasteiger partial charge in [-0.05, 0) is 40.4 Å². The Hall–Kier alpha value is -0.500. The molecule has 0 aliphatic heterocycles. The van der Waals surface area contributed by atoms with Crippen molar-refractivity contribution in [2.24, 2.45) is 0 Å². The highest BCUT2D eigenvalue weighted by molar-refractivity contribution is 9.11. The molecule has 0 radical (unpaired) electrons. The van der Waals surface area contributed by atoms with Gasteiger partial charge in [0.15, 0.2) is 0 Å². The molecule has 2 rings (SSSR count). The van der Waals surface area contributed by atoms with Crippen LogP contribution >= 0.6 is 39.0 Å². The van der Waals surface area contributed by atoms with Crippen LogP contribution in [0.2, 0.25) is 0 Å². The number of thioether (sulfide) groups is 1. The number of halogens is 1. The summed E-state index contributed by atoms with van der Waals surface area (Å²) < 4.78 is 2.37. The third kappa shape index (κ3) is 1.56. The third-order valence-electron chi connectivity index (χ3n) is 1.94. The van der Waals surface area contributed by atoms with Gasteiger partial charge in [0.25, 0.3) is 0 Å². The molecule has 1 nitrogen and oxygen atoms in total. The molecular formula is C10H6BrNS2. The van der Waals surface area contributed by atoms with Crippen LogP contribution in [0.5, 0.6) is 0 Å². The smallest absolute Gasteiger partial charge is 0.0991 e. The van der Waals surface area contributed by atoms with E-state index in [9.17, 15) is 0 Å².